The van der Waals surface area contributed by atoms with Gasteiger partial charge < -0.3 is 10.6 Å². The molecule has 0 spiro atoms. The third-order valence-corrected chi connectivity index (χ3v) is 4.01. The van der Waals surface area contributed by atoms with Crippen molar-refractivity contribution in [1.29, 1.82) is 0 Å². The molecule has 7 heteroatoms. The van der Waals surface area contributed by atoms with Crippen molar-refractivity contribution in [2.24, 2.45) is 0 Å². The van der Waals surface area contributed by atoms with Crippen molar-refractivity contribution in [3.8, 4) is 0 Å². The Morgan fingerprint density at radius 3 is 2.40 bits per heavy atom. The lowest BCUT2D eigenvalue weighted by atomic mass is 10.1. The Labute approximate surface area is 157 Å². The number of benzene rings is 1. The van der Waals surface area contributed by atoms with Crippen LogP contribution in [0.25, 0.3) is 0 Å². The van der Waals surface area contributed by atoms with Crippen LogP contribution < -0.4 is 10.6 Å². The normalized spacial score (nSPS) is 10.1. The van der Waals surface area contributed by atoms with E-state index in [0.29, 0.717) is 22.5 Å². The summed E-state index contributed by atoms with van der Waals surface area (Å²) in [5.74, 6) is -0.640. The fourth-order valence-electron chi connectivity index (χ4n) is 2.14. The van der Waals surface area contributed by atoms with Crippen LogP contribution in [0.2, 0.25) is 0 Å². The lowest BCUT2D eigenvalue weighted by Gasteiger charge is -2.12. The van der Waals surface area contributed by atoms with Gasteiger partial charge in [-0.1, -0.05) is 0 Å². The van der Waals surface area contributed by atoms with Crippen LogP contribution in [0.3, 0.4) is 0 Å². The second-order valence-electron chi connectivity index (χ2n) is 5.08. The van der Waals surface area contributed by atoms with Gasteiger partial charge in [0.15, 0.2) is 0 Å². The number of carbonyl (C=O) groups excluding carboxylic acids is 2. The molecule has 0 unspecified atom stereocenters. The van der Waals surface area contributed by atoms with Gasteiger partial charge in [-0.3, -0.25) is 19.6 Å². The molecule has 0 aliphatic carbocycles. The summed E-state index contributed by atoms with van der Waals surface area (Å²) >= 11 is 2.12. The van der Waals surface area contributed by atoms with Crippen molar-refractivity contribution in [3.63, 3.8) is 0 Å². The first-order valence-corrected chi connectivity index (χ1v) is 8.43. The highest BCUT2D eigenvalue weighted by Gasteiger charge is 2.15. The highest BCUT2D eigenvalue weighted by molar-refractivity contribution is 14.1. The first kappa shape index (κ1) is 17.0. The molecule has 3 rings (SSSR count). The number of nitrogens with one attached hydrogen (secondary N) is 2. The SMILES string of the molecule is O=C(Nc1ccc(I)cc1C(=O)Nc1ccncc1)c1cccnc1. The number of carbonyl (C=O) groups is 2. The molecular formula is C18H13IN4O2. The molecule has 0 atom stereocenters. The Morgan fingerprint density at radius 1 is 0.880 bits per heavy atom. The molecule has 0 radical (unpaired) electrons. The number of pyridine rings is 2. The number of rotatable bonds is 4. The van der Waals surface area contributed by atoms with Crippen LogP contribution in [0.5, 0.6) is 0 Å². The summed E-state index contributed by atoms with van der Waals surface area (Å²) < 4.78 is 0.886. The van der Waals surface area contributed by atoms with Crippen LogP contribution >= 0.6 is 22.6 Å². The van der Waals surface area contributed by atoms with Gasteiger partial charge in [0, 0.05) is 34.0 Å². The Kier molecular flexibility index (Phi) is 5.34. The largest absolute Gasteiger partial charge is 0.322 e. The van der Waals surface area contributed by atoms with Crippen LogP contribution in [0.15, 0.2) is 67.3 Å². The van der Waals surface area contributed by atoms with Gasteiger partial charge in [-0.2, -0.15) is 0 Å². The fourth-order valence-corrected chi connectivity index (χ4v) is 2.63. The molecule has 2 heterocycles. The molecule has 2 N–H and O–H groups in total. The molecule has 6 nitrogen and oxygen atoms in total. The zero-order valence-electron chi connectivity index (χ0n) is 12.9. The van der Waals surface area contributed by atoms with E-state index in [1.165, 1.54) is 6.20 Å². The van der Waals surface area contributed by atoms with Crippen molar-refractivity contribution in [3.05, 3.63) is 81.9 Å². The summed E-state index contributed by atoms with van der Waals surface area (Å²) in [7, 11) is 0. The minimum Gasteiger partial charge on any atom is -0.322 e. The first-order chi connectivity index (χ1) is 12.1. The number of hydrogen-bond acceptors (Lipinski definition) is 4. The molecule has 3 aromatic rings. The smallest absolute Gasteiger partial charge is 0.257 e. The Morgan fingerprint density at radius 2 is 1.68 bits per heavy atom. The van der Waals surface area contributed by atoms with Crippen molar-refractivity contribution >= 4 is 45.8 Å². The molecule has 124 valence electrons. The highest BCUT2D eigenvalue weighted by Crippen LogP contribution is 2.21. The fraction of sp³-hybridized carbons (Fsp3) is 0. The predicted octanol–water partition coefficient (Wildman–Crippen LogP) is 3.59. The maximum atomic E-state index is 12.6. The zero-order chi connectivity index (χ0) is 17.6. The van der Waals surface area contributed by atoms with Gasteiger partial charge in [0.25, 0.3) is 11.8 Å². The number of aromatic nitrogens is 2. The van der Waals surface area contributed by atoms with Gasteiger partial charge in [-0.05, 0) is 65.1 Å². The standard InChI is InChI=1S/C18H13IN4O2/c19-13-3-4-16(23-17(24)12-2-1-7-21-11-12)15(10-13)18(25)22-14-5-8-20-9-6-14/h1-11H,(H,23,24)(H,20,22,25). The van der Waals surface area contributed by atoms with Crippen LogP contribution in [-0.4, -0.2) is 21.8 Å². The van der Waals surface area contributed by atoms with E-state index in [4.69, 9.17) is 0 Å². The second-order valence-corrected chi connectivity index (χ2v) is 6.32. The van der Waals surface area contributed by atoms with Crippen LogP contribution in [0.1, 0.15) is 20.7 Å². The van der Waals surface area contributed by atoms with Gasteiger partial charge in [-0.15, -0.1) is 0 Å². The molecule has 0 saturated heterocycles. The second kappa shape index (κ2) is 7.84. The average molecular weight is 444 g/mol. The molecule has 0 aliphatic heterocycles. The molecule has 0 bridgehead atoms. The van der Waals surface area contributed by atoms with Crippen LogP contribution in [0.4, 0.5) is 11.4 Å². The van der Waals surface area contributed by atoms with Crippen molar-refractivity contribution in [2.75, 3.05) is 10.6 Å². The van der Waals surface area contributed by atoms with Gasteiger partial charge in [0.1, 0.15) is 0 Å². The zero-order valence-corrected chi connectivity index (χ0v) is 15.1. The van der Waals surface area contributed by atoms with E-state index in [1.54, 1.807) is 55.0 Å². The Balaban J connectivity index is 1.85. The Hall–Kier alpha value is -2.81. The lowest BCUT2D eigenvalue weighted by Crippen LogP contribution is -2.18. The monoisotopic (exact) mass is 444 g/mol. The maximum absolute atomic E-state index is 12.6. The van der Waals surface area contributed by atoms with E-state index < -0.39 is 0 Å². The molecule has 25 heavy (non-hydrogen) atoms. The van der Waals surface area contributed by atoms with E-state index in [0.717, 1.165) is 3.57 Å². The van der Waals surface area contributed by atoms with E-state index in [2.05, 4.69) is 43.2 Å². The minimum atomic E-state index is -0.327. The van der Waals surface area contributed by atoms with E-state index in [9.17, 15) is 9.59 Å². The third-order valence-electron chi connectivity index (χ3n) is 3.34. The van der Waals surface area contributed by atoms with Gasteiger partial charge in [0.05, 0.1) is 16.8 Å². The van der Waals surface area contributed by atoms with Crippen molar-refractivity contribution in [1.82, 2.24) is 9.97 Å². The van der Waals surface area contributed by atoms with Crippen molar-refractivity contribution < 1.29 is 9.59 Å². The number of halogens is 1. The van der Waals surface area contributed by atoms with E-state index in [1.807, 2.05) is 6.07 Å². The van der Waals surface area contributed by atoms with E-state index >= 15 is 0 Å². The van der Waals surface area contributed by atoms with Gasteiger partial charge >= 0.3 is 0 Å². The maximum Gasteiger partial charge on any atom is 0.257 e. The highest BCUT2D eigenvalue weighted by atomic mass is 127. The number of amides is 2. The van der Waals surface area contributed by atoms with Crippen molar-refractivity contribution in [2.45, 2.75) is 0 Å². The molecular weight excluding hydrogens is 431 g/mol. The lowest BCUT2D eigenvalue weighted by molar-refractivity contribution is 0.102. The summed E-state index contributed by atoms with van der Waals surface area (Å²) in [6, 6.07) is 12.0. The molecule has 2 amide bonds. The number of hydrogen-bond donors (Lipinski definition) is 2. The van der Waals surface area contributed by atoms with Gasteiger partial charge in [-0.25, -0.2) is 0 Å². The first-order valence-electron chi connectivity index (χ1n) is 7.36. The summed E-state index contributed by atoms with van der Waals surface area (Å²) in [6.45, 7) is 0. The average Bonchev–Trinajstić information content (AvgIpc) is 2.64. The number of anilines is 2. The third kappa shape index (κ3) is 4.38. The Bertz CT molecular complexity index is 901. The summed E-state index contributed by atoms with van der Waals surface area (Å²) in [5, 5.41) is 5.56. The quantitative estimate of drug-likeness (QED) is 0.603. The number of nitrogens with zero attached hydrogens (tertiary/aromatic N) is 2. The summed E-state index contributed by atoms with van der Waals surface area (Å²) in [4.78, 5) is 32.8. The molecule has 0 fully saturated rings. The molecule has 0 aliphatic rings. The van der Waals surface area contributed by atoms with Crippen LogP contribution in [-0.2, 0) is 0 Å². The summed E-state index contributed by atoms with van der Waals surface area (Å²) in [5.41, 5.74) is 1.85. The van der Waals surface area contributed by atoms with E-state index in [-0.39, 0.29) is 11.8 Å². The van der Waals surface area contributed by atoms with Gasteiger partial charge in [0.2, 0.25) is 0 Å². The molecule has 0 saturated carbocycles. The summed E-state index contributed by atoms with van der Waals surface area (Å²) in [6.07, 6.45) is 6.25. The predicted molar refractivity (Wildman–Crippen MR) is 104 cm³/mol. The minimum absolute atomic E-state index is 0.314. The van der Waals surface area contributed by atoms with Crippen LogP contribution in [0, 0.1) is 3.57 Å². The molecule has 1 aromatic carbocycles. The molecule has 2 aromatic heterocycles. The topological polar surface area (TPSA) is 84.0 Å².